The van der Waals surface area contributed by atoms with Crippen LogP contribution in [-0.4, -0.2) is 34.8 Å². The highest BCUT2D eigenvalue weighted by Crippen LogP contribution is 2.19. The van der Waals surface area contributed by atoms with Gasteiger partial charge in [0.15, 0.2) is 0 Å². The molecule has 25 heavy (non-hydrogen) atoms. The van der Waals surface area contributed by atoms with Crippen LogP contribution in [0, 0.1) is 5.82 Å². The monoisotopic (exact) mass is 343 g/mol. The average Bonchev–Trinajstić information content (AvgIpc) is 3.38. The van der Waals surface area contributed by atoms with Crippen LogP contribution in [0.5, 0.6) is 0 Å². The number of halogens is 1. The molecule has 0 bridgehead atoms. The Morgan fingerprint density at radius 1 is 1.32 bits per heavy atom. The number of nitrogens with zero attached hydrogens (tertiary/aromatic N) is 1. The van der Waals surface area contributed by atoms with E-state index >= 15 is 0 Å². The van der Waals surface area contributed by atoms with Gasteiger partial charge >= 0.3 is 0 Å². The van der Waals surface area contributed by atoms with Gasteiger partial charge in [0, 0.05) is 25.8 Å². The number of carbonyl (C=O) groups excluding carboxylic acids is 2. The van der Waals surface area contributed by atoms with Crippen LogP contribution in [-0.2, 0) is 6.54 Å². The van der Waals surface area contributed by atoms with Gasteiger partial charge in [-0.25, -0.2) is 4.39 Å². The van der Waals surface area contributed by atoms with E-state index in [0.29, 0.717) is 5.56 Å². The van der Waals surface area contributed by atoms with Crippen LogP contribution in [0.25, 0.3) is 0 Å². The maximum atomic E-state index is 13.3. The second kappa shape index (κ2) is 6.88. The predicted octanol–water partition coefficient (Wildman–Crippen LogP) is 1.68. The van der Waals surface area contributed by atoms with Gasteiger partial charge < -0.3 is 15.2 Å². The number of carbonyl (C=O) groups is 2. The molecule has 3 rings (SSSR count). The molecule has 1 aliphatic carbocycles. The lowest BCUT2D eigenvalue weighted by molar-refractivity contribution is 0.0783. The first-order valence-electron chi connectivity index (χ1n) is 7.97. The van der Waals surface area contributed by atoms with Gasteiger partial charge in [-0.15, -0.1) is 0 Å². The van der Waals surface area contributed by atoms with Crippen molar-refractivity contribution in [2.45, 2.75) is 25.4 Å². The summed E-state index contributed by atoms with van der Waals surface area (Å²) in [4.78, 5) is 40.3. The fraction of sp³-hybridized carbons (Fsp3) is 0.278. The Morgan fingerprint density at radius 3 is 2.76 bits per heavy atom. The summed E-state index contributed by atoms with van der Waals surface area (Å²) in [7, 11) is 1.52. The molecular weight excluding hydrogens is 325 g/mol. The number of aromatic amines is 1. The van der Waals surface area contributed by atoms with Crippen molar-refractivity contribution in [1.29, 1.82) is 0 Å². The van der Waals surface area contributed by atoms with Crippen molar-refractivity contribution >= 4 is 11.8 Å². The van der Waals surface area contributed by atoms with Gasteiger partial charge in [0.25, 0.3) is 17.4 Å². The molecule has 1 aromatic heterocycles. The summed E-state index contributed by atoms with van der Waals surface area (Å²) in [5.41, 5.74) is 0.144. The highest BCUT2D eigenvalue weighted by molar-refractivity contribution is 5.99. The lowest BCUT2D eigenvalue weighted by atomic mass is 10.1. The number of amides is 2. The molecule has 0 atom stereocenters. The Labute approximate surface area is 143 Å². The lowest BCUT2D eigenvalue weighted by Crippen LogP contribution is -2.33. The molecule has 6 nitrogen and oxygen atoms in total. The van der Waals surface area contributed by atoms with Crippen molar-refractivity contribution < 1.29 is 14.0 Å². The van der Waals surface area contributed by atoms with Gasteiger partial charge in [-0.1, -0.05) is 12.1 Å². The highest BCUT2D eigenvalue weighted by Gasteiger charge is 2.25. The summed E-state index contributed by atoms with van der Waals surface area (Å²) in [6.07, 6.45) is 3.18. The molecule has 0 saturated heterocycles. The molecule has 1 aromatic carbocycles. The van der Waals surface area contributed by atoms with Crippen LogP contribution in [0.15, 0.2) is 41.3 Å². The zero-order chi connectivity index (χ0) is 18.0. The van der Waals surface area contributed by atoms with Crippen LogP contribution in [0.4, 0.5) is 4.39 Å². The number of pyridine rings is 1. The van der Waals surface area contributed by atoms with Gasteiger partial charge in [0.05, 0.1) is 5.56 Å². The molecule has 1 aliphatic rings. The van der Waals surface area contributed by atoms with E-state index in [0.717, 1.165) is 12.8 Å². The third-order valence-corrected chi connectivity index (χ3v) is 3.96. The minimum Gasteiger partial charge on any atom is -0.349 e. The van der Waals surface area contributed by atoms with Crippen LogP contribution in [0.2, 0.25) is 0 Å². The molecule has 0 unspecified atom stereocenters. The standard InChI is InChI=1S/C18H18FN3O3/c1-22(10-11-3-2-4-13(19)7-11)18(25)15-8-12(9-20-17(15)24)16(23)21-14-5-6-14/h2-4,7-9,14H,5-6,10H2,1H3,(H,20,24)(H,21,23). The van der Waals surface area contributed by atoms with E-state index in [2.05, 4.69) is 10.3 Å². The van der Waals surface area contributed by atoms with Gasteiger partial charge in [-0.05, 0) is 36.6 Å². The molecule has 0 spiro atoms. The zero-order valence-corrected chi connectivity index (χ0v) is 13.7. The van der Waals surface area contributed by atoms with E-state index in [1.54, 1.807) is 12.1 Å². The number of hydrogen-bond acceptors (Lipinski definition) is 3. The summed E-state index contributed by atoms with van der Waals surface area (Å²) in [5, 5.41) is 2.80. The van der Waals surface area contributed by atoms with E-state index in [4.69, 9.17) is 0 Å². The smallest absolute Gasteiger partial charge is 0.260 e. The average molecular weight is 343 g/mol. The highest BCUT2D eigenvalue weighted by atomic mass is 19.1. The molecule has 1 saturated carbocycles. The predicted molar refractivity (Wildman–Crippen MR) is 89.7 cm³/mol. The van der Waals surface area contributed by atoms with E-state index in [9.17, 15) is 18.8 Å². The van der Waals surface area contributed by atoms with E-state index < -0.39 is 17.3 Å². The van der Waals surface area contributed by atoms with Crippen molar-refractivity contribution in [3.05, 3.63) is 69.4 Å². The molecule has 2 amide bonds. The molecule has 1 heterocycles. The van der Waals surface area contributed by atoms with E-state index in [1.807, 2.05) is 0 Å². The van der Waals surface area contributed by atoms with Crippen molar-refractivity contribution in [1.82, 2.24) is 15.2 Å². The van der Waals surface area contributed by atoms with Crippen molar-refractivity contribution in [2.75, 3.05) is 7.05 Å². The number of nitrogens with one attached hydrogen (secondary N) is 2. The Bertz CT molecular complexity index is 874. The Kier molecular flexibility index (Phi) is 4.65. The summed E-state index contributed by atoms with van der Waals surface area (Å²) >= 11 is 0. The second-order valence-corrected chi connectivity index (χ2v) is 6.17. The summed E-state index contributed by atoms with van der Waals surface area (Å²) in [6.45, 7) is 0.147. The molecular formula is C18H18FN3O3. The van der Waals surface area contributed by atoms with E-state index in [-0.39, 0.29) is 29.6 Å². The number of rotatable bonds is 5. The largest absolute Gasteiger partial charge is 0.349 e. The maximum absolute atomic E-state index is 13.3. The van der Waals surface area contributed by atoms with E-state index in [1.165, 1.54) is 36.3 Å². The SMILES string of the molecule is CN(Cc1cccc(F)c1)C(=O)c1cc(C(=O)NC2CC2)c[nH]c1=O. The zero-order valence-electron chi connectivity index (χ0n) is 13.7. The fourth-order valence-electron chi connectivity index (χ4n) is 2.46. The topological polar surface area (TPSA) is 82.3 Å². The minimum absolute atomic E-state index is 0.123. The Morgan fingerprint density at radius 2 is 2.08 bits per heavy atom. The molecule has 0 radical (unpaired) electrons. The minimum atomic E-state index is -0.570. The van der Waals surface area contributed by atoms with Crippen LogP contribution in [0.3, 0.4) is 0 Å². The maximum Gasteiger partial charge on any atom is 0.260 e. The molecule has 0 aliphatic heterocycles. The van der Waals surface area contributed by atoms with Crippen molar-refractivity contribution in [3.63, 3.8) is 0 Å². The first-order chi connectivity index (χ1) is 11.9. The Hall–Kier alpha value is -2.96. The van der Waals surface area contributed by atoms with Gasteiger partial charge in [0.2, 0.25) is 0 Å². The Balaban J connectivity index is 1.78. The summed E-state index contributed by atoms with van der Waals surface area (Å²) < 4.78 is 13.3. The van der Waals surface area contributed by atoms with Crippen LogP contribution < -0.4 is 10.9 Å². The van der Waals surface area contributed by atoms with Crippen molar-refractivity contribution in [3.8, 4) is 0 Å². The number of hydrogen-bond donors (Lipinski definition) is 2. The van der Waals surface area contributed by atoms with Crippen LogP contribution >= 0.6 is 0 Å². The molecule has 130 valence electrons. The molecule has 2 N–H and O–H groups in total. The lowest BCUT2D eigenvalue weighted by Gasteiger charge is -2.17. The van der Waals surface area contributed by atoms with Gasteiger partial charge in [-0.3, -0.25) is 14.4 Å². The summed E-state index contributed by atoms with van der Waals surface area (Å²) in [5.74, 6) is -1.25. The fourth-order valence-corrected chi connectivity index (χ4v) is 2.46. The number of aromatic nitrogens is 1. The third kappa shape index (κ3) is 4.12. The van der Waals surface area contributed by atoms with Gasteiger partial charge in [0.1, 0.15) is 11.4 Å². The van der Waals surface area contributed by atoms with Crippen molar-refractivity contribution in [2.24, 2.45) is 0 Å². The third-order valence-electron chi connectivity index (χ3n) is 3.96. The number of H-pyrrole nitrogens is 1. The second-order valence-electron chi connectivity index (χ2n) is 6.17. The first-order valence-corrected chi connectivity index (χ1v) is 7.97. The van der Waals surface area contributed by atoms with Gasteiger partial charge in [-0.2, -0.15) is 0 Å². The quantitative estimate of drug-likeness (QED) is 0.866. The van der Waals surface area contributed by atoms with Crippen LogP contribution in [0.1, 0.15) is 39.1 Å². The first kappa shape index (κ1) is 16.9. The molecule has 7 heteroatoms. The summed E-state index contributed by atoms with van der Waals surface area (Å²) in [6, 6.07) is 7.36. The molecule has 1 fully saturated rings. The molecule has 2 aromatic rings. The number of benzene rings is 1. The normalized spacial score (nSPS) is 13.4.